The molecule has 0 aromatic rings. The zero-order chi connectivity index (χ0) is 41.4. The third-order valence-corrected chi connectivity index (χ3v) is 10.7. The van der Waals surface area contributed by atoms with Gasteiger partial charge in [0, 0.05) is 6.42 Å². The zero-order valence-electron chi connectivity index (χ0n) is 36.9. The van der Waals surface area contributed by atoms with Gasteiger partial charge in [-0.3, -0.25) is 13.8 Å². The Hall–Kier alpha value is -1.80. The number of carbonyl (C=O) groups is 1. The number of phosphoric ester groups is 1. The second-order valence-corrected chi connectivity index (χ2v) is 17.9. The highest BCUT2D eigenvalue weighted by Gasteiger charge is 2.27. The SMILES string of the molecule is CCCCCCCC/C=C\C/C=C\CCC(=O)NC(COP(=O)(O)OCC[N+](C)(C)C)C(O)/C=C/CC/C=C/CC/C=C/CCCCCCCCCCCCC. The van der Waals surface area contributed by atoms with Crippen LogP contribution in [0.5, 0.6) is 0 Å². The molecule has 0 aliphatic rings. The van der Waals surface area contributed by atoms with Crippen molar-refractivity contribution in [3.05, 3.63) is 60.8 Å². The first-order chi connectivity index (χ1) is 27.0. The van der Waals surface area contributed by atoms with Gasteiger partial charge in [-0.1, -0.05) is 171 Å². The van der Waals surface area contributed by atoms with E-state index in [9.17, 15) is 19.4 Å². The normalized spacial score (nSPS) is 14.9. The van der Waals surface area contributed by atoms with Crippen LogP contribution < -0.4 is 5.32 Å². The van der Waals surface area contributed by atoms with Crippen LogP contribution in [0.15, 0.2) is 60.8 Å². The Morgan fingerprint density at radius 1 is 0.607 bits per heavy atom. The van der Waals surface area contributed by atoms with Crippen molar-refractivity contribution in [3.63, 3.8) is 0 Å². The fourth-order valence-electron chi connectivity index (χ4n) is 6.06. The van der Waals surface area contributed by atoms with Crippen LogP contribution in [-0.4, -0.2) is 73.4 Å². The number of amides is 1. The smallest absolute Gasteiger partial charge is 0.387 e. The fraction of sp³-hybridized carbons (Fsp3) is 0.766. The molecular formula is C47H88N2O6P+. The first-order valence-corrected chi connectivity index (χ1v) is 24.2. The maximum absolute atomic E-state index is 12.8. The Labute approximate surface area is 345 Å². The van der Waals surface area contributed by atoms with E-state index in [1.165, 1.54) is 116 Å². The van der Waals surface area contributed by atoms with Crippen molar-refractivity contribution in [2.75, 3.05) is 40.9 Å². The number of aliphatic hydroxyl groups is 1. The number of quaternary nitrogens is 1. The van der Waals surface area contributed by atoms with Crippen molar-refractivity contribution in [2.45, 2.75) is 193 Å². The van der Waals surface area contributed by atoms with Gasteiger partial charge in [-0.15, -0.1) is 0 Å². The Morgan fingerprint density at radius 3 is 1.54 bits per heavy atom. The van der Waals surface area contributed by atoms with Gasteiger partial charge < -0.3 is 19.8 Å². The number of nitrogens with one attached hydrogen (secondary N) is 1. The van der Waals surface area contributed by atoms with Gasteiger partial charge in [-0.05, 0) is 64.2 Å². The van der Waals surface area contributed by atoms with Crippen LogP contribution in [0.1, 0.15) is 181 Å². The molecule has 3 unspecified atom stereocenters. The monoisotopic (exact) mass is 808 g/mol. The minimum atomic E-state index is -4.36. The van der Waals surface area contributed by atoms with Crippen LogP contribution in [0.25, 0.3) is 0 Å². The second-order valence-electron chi connectivity index (χ2n) is 16.4. The maximum Gasteiger partial charge on any atom is 0.472 e. The van der Waals surface area contributed by atoms with E-state index in [4.69, 9.17) is 9.05 Å². The summed E-state index contributed by atoms with van der Waals surface area (Å²) in [6.07, 6.45) is 50.3. The minimum Gasteiger partial charge on any atom is -0.387 e. The van der Waals surface area contributed by atoms with Gasteiger partial charge in [0.25, 0.3) is 0 Å². The Morgan fingerprint density at radius 2 is 1.04 bits per heavy atom. The second kappa shape index (κ2) is 38.7. The minimum absolute atomic E-state index is 0.0422. The van der Waals surface area contributed by atoms with Gasteiger partial charge in [0.1, 0.15) is 13.2 Å². The number of carbonyl (C=O) groups excluding carboxylic acids is 1. The average Bonchev–Trinajstić information content (AvgIpc) is 3.15. The first kappa shape index (κ1) is 54.2. The van der Waals surface area contributed by atoms with Crippen LogP contribution in [-0.2, 0) is 18.4 Å². The predicted octanol–water partition coefficient (Wildman–Crippen LogP) is 12.6. The highest BCUT2D eigenvalue weighted by atomic mass is 31.2. The lowest BCUT2D eigenvalue weighted by Crippen LogP contribution is -2.45. The molecule has 1 amide bonds. The number of nitrogens with zero attached hydrogens (tertiary/aromatic N) is 1. The Bertz CT molecular complexity index is 1100. The van der Waals surface area contributed by atoms with E-state index in [1.807, 2.05) is 33.3 Å². The number of aliphatic hydroxyl groups excluding tert-OH is 1. The number of hydrogen-bond acceptors (Lipinski definition) is 5. The van der Waals surface area contributed by atoms with E-state index in [-0.39, 0.29) is 25.5 Å². The quantitative estimate of drug-likeness (QED) is 0.0246. The molecule has 0 saturated carbocycles. The van der Waals surface area contributed by atoms with E-state index in [2.05, 4.69) is 61.7 Å². The Balaban J connectivity index is 4.54. The van der Waals surface area contributed by atoms with Crippen molar-refractivity contribution < 1.29 is 32.9 Å². The van der Waals surface area contributed by atoms with E-state index < -0.39 is 20.0 Å². The average molecular weight is 808 g/mol. The third kappa shape index (κ3) is 40.4. The summed E-state index contributed by atoms with van der Waals surface area (Å²) in [6, 6.07) is -0.900. The van der Waals surface area contributed by atoms with Crippen molar-refractivity contribution in [1.82, 2.24) is 5.32 Å². The molecular weight excluding hydrogens is 719 g/mol. The fourth-order valence-corrected chi connectivity index (χ4v) is 6.80. The predicted molar refractivity (Wildman–Crippen MR) is 240 cm³/mol. The van der Waals surface area contributed by atoms with Crippen LogP contribution >= 0.6 is 7.82 Å². The van der Waals surface area contributed by atoms with E-state index in [0.717, 1.165) is 38.5 Å². The van der Waals surface area contributed by atoms with Crippen molar-refractivity contribution >= 4 is 13.7 Å². The van der Waals surface area contributed by atoms with E-state index in [1.54, 1.807) is 6.08 Å². The van der Waals surface area contributed by atoms with Gasteiger partial charge in [-0.2, -0.15) is 0 Å². The molecule has 0 rings (SSSR count). The highest BCUT2D eigenvalue weighted by Crippen LogP contribution is 2.43. The van der Waals surface area contributed by atoms with Gasteiger partial charge in [-0.25, -0.2) is 4.57 Å². The summed E-state index contributed by atoms with van der Waals surface area (Å²) in [5.74, 6) is -0.260. The molecule has 0 radical (unpaired) electrons. The number of likely N-dealkylation sites (N-methyl/N-ethyl adjacent to an activating group) is 1. The van der Waals surface area contributed by atoms with Gasteiger partial charge in [0.2, 0.25) is 5.91 Å². The van der Waals surface area contributed by atoms with Gasteiger partial charge in [0.15, 0.2) is 0 Å². The van der Waals surface area contributed by atoms with Crippen LogP contribution in [0.4, 0.5) is 0 Å². The number of phosphoric acid groups is 1. The molecule has 0 aliphatic heterocycles. The van der Waals surface area contributed by atoms with Gasteiger partial charge >= 0.3 is 7.82 Å². The summed E-state index contributed by atoms with van der Waals surface area (Å²) in [5, 5.41) is 13.7. The molecule has 0 aliphatic carbocycles. The molecule has 8 nitrogen and oxygen atoms in total. The lowest BCUT2D eigenvalue weighted by atomic mass is 10.1. The molecule has 0 aromatic carbocycles. The summed E-state index contributed by atoms with van der Waals surface area (Å²) in [6.45, 7) is 4.72. The van der Waals surface area contributed by atoms with Crippen LogP contribution in [0.3, 0.4) is 0 Å². The summed E-state index contributed by atoms with van der Waals surface area (Å²) in [7, 11) is 1.51. The molecule has 0 spiro atoms. The number of allylic oxidation sites excluding steroid dienone is 9. The highest BCUT2D eigenvalue weighted by molar-refractivity contribution is 7.47. The van der Waals surface area contributed by atoms with Crippen molar-refractivity contribution in [1.29, 1.82) is 0 Å². The molecule has 0 aromatic heterocycles. The maximum atomic E-state index is 12.8. The topological polar surface area (TPSA) is 105 Å². The molecule has 0 fully saturated rings. The van der Waals surface area contributed by atoms with E-state index >= 15 is 0 Å². The summed E-state index contributed by atoms with van der Waals surface area (Å²) in [4.78, 5) is 23.0. The number of hydrogen-bond donors (Lipinski definition) is 3. The summed E-state index contributed by atoms with van der Waals surface area (Å²) in [5.41, 5.74) is 0. The zero-order valence-corrected chi connectivity index (χ0v) is 37.8. The summed E-state index contributed by atoms with van der Waals surface area (Å²) < 4.78 is 23.5. The standard InChI is InChI=1S/C47H87N2O6P/c1-6-8-10-12-14-16-18-20-21-22-23-24-25-26-27-29-30-32-34-36-38-40-46(50)45(44-55-56(52,53)54-43-42-49(3,4)5)48-47(51)41-39-37-35-33-31-28-19-17-15-13-11-9-7-2/h25-26,28,30-32,35,37-38,40,45-46,50H,6-24,27,29,33-34,36,39,41-44H2,1-5H3,(H-,48,51,52,53)/p+1/b26-25+,31-28-,32-30+,37-35-,40-38+. The number of rotatable bonds is 40. The van der Waals surface area contributed by atoms with E-state index in [0.29, 0.717) is 17.4 Å². The van der Waals surface area contributed by atoms with Crippen LogP contribution in [0, 0.1) is 0 Å². The van der Waals surface area contributed by atoms with Crippen molar-refractivity contribution in [3.8, 4) is 0 Å². The molecule has 326 valence electrons. The molecule has 0 bridgehead atoms. The molecule has 9 heteroatoms. The van der Waals surface area contributed by atoms with Crippen LogP contribution in [0.2, 0.25) is 0 Å². The van der Waals surface area contributed by atoms with Crippen molar-refractivity contribution in [2.24, 2.45) is 0 Å². The summed E-state index contributed by atoms with van der Waals surface area (Å²) >= 11 is 0. The first-order valence-electron chi connectivity index (χ1n) is 22.7. The molecule has 0 heterocycles. The lowest BCUT2D eigenvalue weighted by Gasteiger charge is -2.25. The lowest BCUT2D eigenvalue weighted by molar-refractivity contribution is -0.870. The Kier molecular flexibility index (Phi) is 37.5. The largest absolute Gasteiger partial charge is 0.472 e. The number of unbranched alkanes of at least 4 members (excludes halogenated alkanes) is 19. The molecule has 56 heavy (non-hydrogen) atoms. The third-order valence-electron chi connectivity index (χ3n) is 9.70. The molecule has 0 saturated heterocycles. The molecule has 3 N–H and O–H groups in total. The molecule has 3 atom stereocenters. The van der Waals surface area contributed by atoms with Gasteiger partial charge in [0.05, 0.1) is 39.9 Å².